The molecule has 5 nitrogen and oxygen atoms in total. The molecule has 136 valence electrons. The summed E-state index contributed by atoms with van der Waals surface area (Å²) < 4.78 is 5.66. The summed E-state index contributed by atoms with van der Waals surface area (Å²) in [5.74, 6) is 1.01. The number of thioether (sulfide) groups is 1. The lowest BCUT2D eigenvalue weighted by Crippen LogP contribution is -2.43. The lowest BCUT2D eigenvalue weighted by molar-refractivity contribution is -0.123. The van der Waals surface area contributed by atoms with Crippen LogP contribution in [0.2, 0.25) is 0 Å². The van der Waals surface area contributed by atoms with Crippen LogP contribution in [0.4, 0.5) is 5.69 Å². The van der Waals surface area contributed by atoms with E-state index in [-0.39, 0.29) is 18.4 Å². The molecular formula is C20H22N2O3S. The molecule has 1 N–H and O–H groups in total. The molecule has 0 fully saturated rings. The number of anilines is 1. The number of para-hydroxylation sites is 1. The van der Waals surface area contributed by atoms with Gasteiger partial charge in [-0.15, -0.1) is 11.8 Å². The predicted octanol–water partition coefficient (Wildman–Crippen LogP) is 3.02. The number of carbonyl (C=O) groups excluding carboxylic acids is 2. The summed E-state index contributed by atoms with van der Waals surface area (Å²) in [4.78, 5) is 26.9. The number of ether oxygens (including phenoxy) is 1. The summed E-state index contributed by atoms with van der Waals surface area (Å²) >= 11 is 1.51. The van der Waals surface area contributed by atoms with Crippen LogP contribution in [0.15, 0.2) is 53.4 Å². The van der Waals surface area contributed by atoms with E-state index in [2.05, 4.69) is 5.32 Å². The van der Waals surface area contributed by atoms with Crippen LogP contribution in [0.25, 0.3) is 0 Å². The average molecular weight is 370 g/mol. The largest absolute Gasteiger partial charge is 0.494 e. The topological polar surface area (TPSA) is 58.6 Å². The second-order valence-electron chi connectivity index (χ2n) is 6.10. The van der Waals surface area contributed by atoms with Crippen molar-refractivity contribution in [3.63, 3.8) is 0 Å². The van der Waals surface area contributed by atoms with Gasteiger partial charge in [0.05, 0.1) is 18.0 Å². The standard InChI is InChI=1S/C20H22N2O3S/c1-15-6-4-7-16(12-15)25-11-5-10-21-19(23)13-22-17-8-2-3-9-18(17)26-14-20(22)24/h2-4,6-9,12H,5,10-11,13-14H2,1H3,(H,21,23). The molecule has 1 aliphatic heterocycles. The van der Waals surface area contributed by atoms with Crippen LogP contribution >= 0.6 is 11.8 Å². The summed E-state index contributed by atoms with van der Waals surface area (Å²) in [5.41, 5.74) is 1.96. The molecule has 0 saturated carbocycles. The fourth-order valence-electron chi connectivity index (χ4n) is 2.72. The van der Waals surface area contributed by atoms with Crippen molar-refractivity contribution in [3.05, 3.63) is 54.1 Å². The van der Waals surface area contributed by atoms with E-state index in [4.69, 9.17) is 4.74 Å². The molecule has 1 heterocycles. The first-order valence-corrected chi connectivity index (χ1v) is 9.60. The van der Waals surface area contributed by atoms with Crippen LogP contribution in [0, 0.1) is 6.92 Å². The fourth-order valence-corrected chi connectivity index (χ4v) is 3.66. The molecule has 0 aliphatic carbocycles. The van der Waals surface area contributed by atoms with Gasteiger partial charge in [-0.1, -0.05) is 24.3 Å². The summed E-state index contributed by atoms with van der Waals surface area (Å²) in [5, 5.41) is 2.86. The number of rotatable bonds is 7. The van der Waals surface area contributed by atoms with E-state index in [0.29, 0.717) is 25.3 Å². The van der Waals surface area contributed by atoms with Gasteiger partial charge in [-0.3, -0.25) is 9.59 Å². The molecule has 1 aliphatic rings. The van der Waals surface area contributed by atoms with Crippen molar-refractivity contribution >= 4 is 29.3 Å². The van der Waals surface area contributed by atoms with Crippen molar-refractivity contribution in [1.29, 1.82) is 0 Å². The van der Waals surface area contributed by atoms with E-state index in [9.17, 15) is 9.59 Å². The van der Waals surface area contributed by atoms with Gasteiger partial charge in [-0.25, -0.2) is 0 Å². The molecule has 0 unspecified atom stereocenters. The van der Waals surface area contributed by atoms with Gasteiger partial charge in [0, 0.05) is 11.4 Å². The average Bonchev–Trinajstić information content (AvgIpc) is 2.64. The van der Waals surface area contributed by atoms with Gasteiger partial charge in [-0.2, -0.15) is 0 Å². The van der Waals surface area contributed by atoms with Gasteiger partial charge in [0.25, 0.3) is 0 Å². The van der Waals surface area contributed by atoms with Crippen molar-refractivity contribution in [2.45, 2.75) is 18.2 Å². The highest BCUT2D eigenvalue weighted by atomic mass is 32.2. The lowest BCUT2D eigenvalue weighted by atomic mass is 10.2. The molecule has 6 heteroatoms. The number of hydrogen-bond acceptors (Lipinski definition) is 4. The first kappa shape index (κ1) is 18.3. The van der Waals surface area contributed by atoms with Crippen LogP contribution in [0.1, 0.15) is 12.0 Å². The molecule has 0 aromatic heterocycles. The van der Waals surface area contributed by atoms with Crippen molar-refractivity contribution in [2.75, 3.05) is 30.3 Å². The quantitative estimate of drug-likeness (QED) is 0.761. The Morgan fingerprint density at radius 1 is 1.23 bits per heavy atom. The number of nitrogens with one attached hydrogen (secondary N) is 1. The Labute approximate surface area is 157 Å². The maximum atomic E-state index is 12.2. The second-order valence-corrected chi connectivity index (χ2v) is 7.12. The molecule has 2 amide bonds. The van der Waals surface area contributed by atoms with Crippen LogP contribution < -0.4 is 15.0 Å². The van der Waals surface area contributed by atoms with E-state index in [1.54, 1.807) is 4.90 Å². The highest BCUT2D eigenvalue weighted by Crippen LogP contribution is 2.34. The minimum absolute atomic E-state index is 0.0355. The van der Waals surface area contributed by atoms with Gasteiger partial charge in [0.15, 0.2) is 0 Å². The number of carbonyl (C=O) groups is 2. The van der Waals surface area contributed by atoms with E-state index >= 15 is 0 Å². The molecule has 3 rings (SSSR count). The fraction of sp³-hybridized carbons (Fsp3) is 0.300. The molecule has 0 radical (unpaired) electrons. The molecule has 2 aromatic rings. The Kier molecular flexibility index (Phi) is 6.17. The number of hydrogen-bond donors (Lipinski definition) is 1. The molecule has 0 atom stereocenters. The van der Waals surface area contributed by atoms with Gasteiger partial charge < -0.3 is 15.0 Å². The monoisotopic (exact) mass is 370 g/mol. The SMILES string of the molecule is Cc1cccc(OCCCNC(=O)CN2C(=O)CSc3ccccc32)c1. The van der Waals surface area contributed by atoms with E-state index in [0.717, 1.165) is 21.9 Å². The predicted molar refractivity (Wildman–Crippen MR) is 104 cm³/mol. The van der Waals surface area contributed by atoms with Crippen molar-refractivity contribution in [1.82, 2.24) is 5.32 Å². The number of aryl methyl sites for hydroxylation is 1. The Morgan fingerprint density at radius 3 is 2.92 bits per heavy atom. The van der Waals surface area contributed by atoms with Crippen molar-refractivity contribution < 1.29 is 14.3 Å². The first-order valence-electron chi connectivity index (χ1n) is 8.62. The number of benzene rings is 2. The third-order valence-corrected chi connectivity index (χ3v) is 5.06. The number of fused-ring (bicyclic) bond motifs is 1. The smallest absolute Gasteiger partial charge is 0.240 e. The Bertz CT molecular complexity index is 794. The van der Waals surface area contributed by atoms with Crippen LogP contribution in [-0.4, -0.2) is 37.3 Å². The minimum atomic E-state index is -0.157. The second kappa shape index (κ2) is 8.76. The van der Waals surface area contributed by atoms with E-state index < -0.39 is 0 Å². The molecule has 2 aromatic carbocycles. The maximum Gasteiger partial charge on any atom is 0.240 e. The van der Waals surface area contributed by atoms with Crippen LogP contribution in [0.3, 0.4) is 0 Å². The zero-order valence-electron chi connectivity index (χ0n) is 14.7. The number of nitrogens with zero attached hydrogens (tertiary/aromatic N) is 1. The minimum Gasteiger partial charge on any atom is -0.494 e. The van der Waals surface area contributed by atoms with Gasteiger partial charge >= 0.3 is 0 Å². The Balaban J connectivity index is 1.42. The summed E-state index contributed by atoms with van der Waals surface area (Å²) in [6.45, 7) is 3.12. The zero-order valence-corrected chi connectivity index (χ0v) is 15.6. The first-order chi connectivity index (χ1) is 12.6. The summed E-state index contributed by atoms with van der Waals surface area (Å²) in [6, 6.07) is 15.5. The zero-order chi connectivity index (χ0) is 18.4. The van der Waals surface area contributed by atoms with Gasteiger partial charge in [0.1, 0.15) is 12.3 Å². The summed E-state index contributed by atoms with van der Waals surface area (Å²) in [6.07, 6.45) is 0.708. The molecule has 0 spiro atoms. The van der Waals surface area contributed by atoms with Crippen LogP contribution in [-0.2, 0) is 9.59 Å². The highest BCUT2D eigenvalue weighted by Gasteiger charge is 2.25. The molecular weight excluding hydrogens is 348 g/mol. The molecule has 26 heavy (non-hydrogen) atoms. The van der Waals surface area contributed by atoms with Crippen molar-refractivity contribution in [2.24, 2.45) is 0 Å². The Hall–Kier alpha value is -2.47. The molecule has 0 bridgehead atoms. The third-order valence-electron chi connectivity index (χ3n) is 4.01. The van der Waals surface area contributed by atoms with Gasteiger partial charge in [-0.05, 0) is 43.2 Å². The number of amides is 2. The highest BCUT2D eigenvalue weighted by molar-refractivity contribution is 8.00. The third kappa shape index (κ3) is 4.79. The van der Waals surface area contributed by atoms with E-state index in [1.165, 1.54) is 11.8 Å². The summed E-state index contributed by atoms with van der Waals surface area (Å²) in [7, 11) is 0. The van der Waals surface area contributed by atoms with Gasteiger partial charge in [0.2, 0.25) is 11.8 Å². The molecule has 0 saturated heterocycles. The van der Waals surface area contributed by atoms with Crippen LogP contribution in [0.5, 0.6) is 5.75 Å². The Morgan fingerprint density at radius 2 is 2.08 bits per heavy atom. The van der Waals surface area contributed by atoms with E-state index in [1.807, 2.05) is 55.5 Å². The van der Waals surface area contributed by atoms with Crippen molar-refractivity contribution in [3.8, 4) is 5.75 Å². The normalized spacial score (nSPS) is 13.3. The maximum absolute atomic E-state index is 12.2. The lowest BCUT2D eigenvalue weighted by Gasteiger charge is -2.28.